The van der Waals surface area contributed by atoms with Crippen molar-refractivity contribution in [3.63, 3.8) is 0 Å². The predicted octanol–water partition coefficient (Wildman–Crippen LogP) is 4.45. The maximum Gasteiger partial charge on any atom is 0.420 e. The fraction of sp³-hybridized carbons (Fsp3) is 0.526. The second-order valence-corrected chi connectivity index (χ2v) is 8.73. The van der Waals surface area contributed by atoms with E-state index < -0.39 is 29.4 Å². The lowest BCUT2D eigenvalue weighted by molar-refractivity contribution is -0.000278. The number of benzene rings is 1. The molecule has 0 saturated carbocycles. The van der Waals surface area contributed by atoms with Crippen LogP contribution in [0.25, 0.3) is 0 Å². The van der Waals surface area contributed by atoms with Crippen molar-refractivity contribution < 1.29 is 23.9 Å². The molecule has 0 heterocycles. The molecule has 0 aromatic heterocycles. The highest BCUT2D eigenvalue weighted by atomic mass is 32.1. The molecule has 4 amide bonds. The molecule has 28 heavy (non-hydrogen) atoms. The highest BCUT2D eigenvalue weighted by Gasteiger charge is 2.31. The minimum absolute atomic E-state index is 0.0833. The molecule has 0 aliphatic carbocycles. The Balaban J connectivity index is 3.22. The van der Waals surface area contributed by atoms with Crippen LogP contribution in [0.3, 0.4) is 0 Å². The smallest absolute Gasteiger partial charge is 0.420 e. The van der Waals surface area contributed by atoms with E-state index in [1.165, 1.54) is 0 Å². The molecule has 3 N–H and O–H groups in total. The summed E-state index contributed by atoms with van der Waals surface area (Å²) in [7, 11) is 0. The summed E-state index contributed by atoms with van der Waals surface area (Å²) in [5.74, 6) is 0. The number of imide groups is 1. The number of thiol groups is 1. The molecule has 156 valence electrons. The first-order valence-electron chi connectivity index (χ1n) is 8.72. The van der Waals surface area contributed by atoms with Gasteiger partial charge in [0.05, 0.1) is 12.2 Å². The number of urea groups is 1. The summed E-state index contributed by atoms with van der Waals surface area (Å²) >= 11 is 4.40. The topological polar surface area (TPSA) is 111 Å². The Morgan fingerprint density at radius 1 is 1.04 bits per heavy atom. The van der Waals surface area contributed by atoms with Crippen molar-refractivity contribution in [2.24, 2.45) is 5.73 Å². The summed E-state index contributed by atoms with van der Waals surface area (Å²) in [6.07, 6.45) is -1.64. The van der Waals surface area contributed by atoms with Crippen LogP contribution in [0.2, 0.25) is 0 Å². The lowest BCUT2D eigenvalue weighted by Gasteiger charge is -2.29. The molecular weight excluding hydrogens is 382 g/mol. The number of carbonyl (C=O) groups excluding carboxylic acids is 3. The molecule has 9 heteroatoms. The van der Waals surface area contributed by atoms with Crippen LogP contribution in [0.4, 0.5) is 20.1 Å². The van der Waals surface area contributed by atoms with Crippen LogP contribution in [0.5, 0.6) is 0 Å². The van der Waals surface area contributed by atoms with Gasteiger partial charge in [0.15, 0.2) is 0 Å². The van der Waals surface area contributed by atoms with Crippen LogP contribution in [-0.4, -0.2) is 34.3 Å². The molecule has 1 aromatic carbocycles. The summed E-state index contributed by atoms with van der Waals surface area (Å²) in [6, 6.07) is 2.55. The van der Waals surface area contributed by atoms with Crippen LogP contribution in [0.15, 0.2) is 17.0 Å². The molecule has 1 aromatic rings. The average molecular weight is 412 g/mol. The van der Waals surface area contributed by atoms with Crippen LogP contribution in [0, 0.1) is 6.92 Å². The number of nitrogens with one attached hydrogen (secondary N) is 1. The summed E-state index contributed by atoms with van der Waals surface area (Å²) in [6.45, 7) is 11.9. The largest absolute Gasteiger partial charge is 0.443 e. The van der Waals surface area contributed by atoms with Gasteiger partial charge in [-0.1, -0.05) is 6.07 Å². The third-order valence-electron chi connectivity index (χ3n) is 3.36. The van der Waals surface area contributed by atoms with Gasteiger partial charge in [0.25, 0.3) is 0 Å². The van der Waals surface area contributed by atoms with Crippen molar-refractivity contribution >= 4 is 36.5 Å². The molecule has 0 aliphatic heterocycles. The zero-order valence-corrected chi connectivity index (χ0v) is 18.3. The lowest BCUT2D eigenvalue weighted by Crippen LogP contribution is -2.43. The SMILES string of the molecule is Cc1c(CN(C(=O)OC(C)(C)C)C(=O)OC(C)(C)C)ccc(NC(N)=O)c1S. The number of rotatable bonds is 3. The van der Waals surface area contributed by atoms with E-state index in [0.29, 0.717) is 21.7 Å². The van der Waals surface area contributed by atoms with Crippen molar-refractivity contribution in [3.8, 4) is 0 Å². The Kier molecular flexibility index (Phi) is 7.36. The number of hydrogen-bond acceptors (Lipinski definition) is 6. The highest BCUT2D eigenvalue weighted by Crippen LogP contribution is 2.28. The molecule has 8 nitrogen and oxygen atoms in total. The van der Waals surface area contributed by atoms with E-state index >= 15 is 0 Å². The molecule has 0 saturated heterocycles. The molecule has 0 bridgehead atoms. The molecule has 0 radical (unpaired) electrons. The van der Waals surface area contributed by atoms with Crippen LogP contribution < -0.4 is 11.1 Å². The maximum absolute atomic E-state index is 12.6. The number of amides is 4. The minimum atomic E-state index is -0.818. The first-order chi connectivity index (χ1) is 12.6. The van der Waals surface area contributed by atoms with E-state index in [4.69, 9.17) is 15.2 Å². The Morgan fingerprint density at radius 2 is 1.50 bits per heavy atom. The Hall–Kier alpha value is -2.42. The van der Waals surface area contributed by atoms with Gasteiger partial charge in [-0.25, -0.2) is 19.3 Å². The molecule has 1 rings (SSSR count). The zero-order valence-electron chi connectivity index (χ0n) is 17.4. The van der Waals surface area contributed by atoms with Crippen LogP contribution >= 0.6 is 12.6 Å². The summed E-state index contributed by atoms with van der Waals surface area (Å²) in [5.41, 5.74) is 5.32. The standard InChI is InChI=1S/C19H29N3O5S/c1-11-12(8-9-13(14(11)28)21-15(20)23)10-22(16(24)26-18(2,3)4)17(25)27-19(5,6)7/h8-9,28H,10H2,1-7H3,(H3,20,21,23). The van der Waals surface area contributed by atoms with Gasteiger partial charge in [-0.2, -0.15) is 0 Å². The second-order valence-electron chi connectivity index (χ2n) is 8.28. The van der Waals surface area contributed by atoms with Crippen molar-refractivity contribution in [1.29, 1.82) is 0 Å². The Bertz CT molecular complexity index is 738. The molecular formula is C19H29N3O5S. The lowest BCUT2D eigenvalue weighted by atomic mass is 10.1. The van der Waals surface area contributed by atoms with Gasteiger partial charge in [-0.15, -0.1) is 12.6 Å². The minimum Gasteiger partial charge on any atom is -0.443 e. The van der Waals surface area contributed by atoms with Gasteiger partial charge >= 0.3 is 18.2 Å². The molecule has 0 aliphatic rings. The summed E-state index contributed by atoms with van der Waals surface area (Å²) in [5, 5.41) is 2.47. The quantitative estimate of drug-likeness (QED) is 0.637. The fourth-order valence-electron chi connectivity index (χ4n) is 2.15. The maximum atomic E-state index is 12.6. The van der Waals surface area contributed by atoms with Gasteiger partial charge in [-0.3, -0.25) is 0 Å². The Labute approximate surface area is 171 Å². The van der Waals surface area contributed by atoms with Gasteiger partial charge < -0.3 is 20.5 Å². The third-order valence-corrected chi connectivity index (χ3v) is 3.93. The molecule has 0 fully saturated rings. The second kappa shape index (κ2) is 8.72. The summed E-state index contributed by atoms with van der Waals surface area (Å²) in [4.78, 5) is 37.7. The van der Waals surface area contributed by atoms with Gasteiger partial charge in [0, 0.05) is 4.90 Å². The zero-order chi connectivity index (χ0) is 21.9. The molecule has 0 unspecified atom stereocenters. The predicted molar refractivity (Wildman–Crippen MR) is 110 cm³/mol. The number of primary amides is 1. The van der Waals surface area contributed by atoms with E-state index in [0.717, 1.165) is 4.90 Å². The first-order valence-corrected chi connectivity index (χ1v) is 9.17. The van der Waals surface area contributed by atoms with E-state index in [2.05, 4.69) is 17.9 Å². The molecule has 0 spiro atoms. The van der Waals surface area contributed by atoms with Gasteiger partial charge in [-0.05, 0) is 65.7 Å². The Morgan fingerprint density at radius 3 is 1.89 bits per heavy atom. The van der Waals surface area contributed by atoms with E-state index in [9.17, 15) is 14.4 Å². The van der Waals surface area contributed by atoms with Crippen LogP contribution in [-0.2, 0) is 16.0 Å². The van der Waals surface area contributed by atoms with Gasteiger partial charge in [0.2, 0.25) is 0 Å². The van der Waals surface area contributed by atoms with Crippen molar-refractivity contribution in [3.05, 3.63) is 23.3 Å². The van der Waals surface area contributed by atoms with Crippen molar-refractivity contribution in [2.45, 2.75) is 71.1 Å². The van der Waals surface area contributed by atoms with Crippen LogP contribution in [0.1, 0.15) is 52.7 Å². The number of hydrogen-bond donors (Lipinski definition) is 3. The van der Waals surface area contributed by atoms with E-state index in [1.807, 2.05) is 0 Å². The monoisotopic (exact) mass is 411 g/mol. The number of ether oxygens (including phenoxy) is 2. The highest BCUT2D eigenvalue weighted by molar-refractivity contribution is 7.80. The summed E-state index contributed by atoms with van der Waals surface area (Å²) < 4.78 is 10.7. The van der Waals surface area contributed by atoms with E-state index in [1.54, 1.807) is 60.6 Å². The first kappa shape index (κ1) is 23.6. The number of anilines is 1. The van der Waals surface area contributed by atoms with Crippen molar-refractivity contribution in [2.75, 3.05) is 5.32 Å². The molecule has 0 atom stereocenters. The fourth-order valence-corrected chi connectivity index (χ4v) is 2.43. The number of nitrogens with zero attached hydrogens (tertiary/aromatic N) is 1. The normalized spacial score (nSPS) is 11.6. The van der Waals surface area contributed by atoms with Crippen molar-refractivity contribution in [1.82, 2.24) is 4.90 Å². The van der Waals surface area contributed by atoms with E-state index in [-0.39, 0.29) is 6.54 Å². The number of carbonyl (C=O) groups is 3. The average Bonchev–Trinajstić information content (AvgIpc) is 2.47. The van der Waals surface area contributed by atoms with Gasteiger partial charge in [0.1, 0.15) is 11.2 Å². The number of nitrogens with two attached hydrogens (primary N) is 1. The third kappa shape index (κ3) is 7.30.